The van der Waals surface area contributed by atoms with Gasteiger partial charge < -0.3 is 14.8 Å². The van der Waals surface area contributed by atoms with E-state index in [1.54, 1.807) is 44.2 Å². The van der Waals surface area contributed by atoms with Crippen molar-refractivity contribution in [2.75, 3.05) is 19.5 Å². The summed E-state index contributed by atoms with van der Waals surface area (Å²) in [6.07, 6.45) is 0. The van der Waals surface area contributed by atoms with Gasteiger partial charge in [-0.15, -0.1) is 0 Å². The first-order valence-corrected chi connectivity index (χ1v) is 10.2. The number of nitrogens with one attached hydrogen (secondary N) is 2. The van der Waals surface area contributed by atoms with Gasteiger partial charge in [0, 0.05) is 11.8 Å². The van der Waals surface area contributed by atoms with Gasteiger partial charge in [-0.1, -0.05) is 17.7 Å². The topological polar surface area (TPSA) is 93.7 Å². The summed E-state index contributed by atoms with van der Waals surface area (Å²) in [5.41, 5.74) is 2.72. The van der Waals surface area contributed by atoms with Crippen LogP contribution in [0.25, 0.3) is 0 Å². The molecule has 2 aromatic rings. The number of amides is 1. The number of anilines is 1. The zero-order valence-corrected chi connectivity index (χ0v) is 17.7. The minimum Gasteiger partial charge on any atom is -0.493 e. The van der Waals surface area contributed by atoms with E-state index in [2.05, 4.69) is 10.0 Å². The Morgan fingerprint density at radius 1 is 0.964 bits per heavy atom. The molecule has 0 bridgehead atoms. The largest absolute Gasteiger partial charge is 0.493 e. The van der Waals surface area contributed by atoms with E-state index in [1.165, 1.54) is 21.1 Å². The fourth-order valence-electron chi connectivity index (χ4n) is 3.10. The Balaban J connectivity index is 2.18. The van der Waals surface area contributed by atoms with Crippen molar-refractivity contribution in [1.82, 2.24) is 4.72 Å². The summed E-state index contributed by atoms with van der Waals surface area (Å²) >= 11 is 0. The normalized spacial score (nSPS) is 12.4. The van der Waals surface area contributed by atoms with Crippen LogP contribution in [-0.4, -0.2) is 34.6 Å². The number of benzene rings is 2. The summed E-state index contributed by atoms with van der Waals surface area (Å²) < 4.78 is 38.4. The molecule has 0 saturated carbocycles. The van der Waals surface area contributed by atoms with Gasteiger partial charge in [0.25, 0.3) is 0 Å². The van der Waals surface area contributed by atoms with Crippen LogP contribution in [-0.2, 0) is 14.8 Å². The number of carbonyl (C=O) groups excluding carboxylic acids is 1. The lowest BCUT2D eigenvalue weighted by Crippen LogP contribution is -2.41. The second kappa shape index (κ2) is 8.62. The fourth-order valence-corrected chi connectivity index (χ4v) is 4.76. The standard InChI is InChI=1S/C20H26N2O5S/c1-12-9-13(2)19(14(3)10-12)28(24,25)22-15(4)20(23)21-16-7-8-17(26-5)18(11-16)27-6/h7-11,15,22H,1-6H3,(H,21,23). The van der Waals surface area contributed by atoms with Crippen LogP contribution in [0.15, 0.2) is 35.2 Å². The van der Waals surface area contributed by atoms with Gasteiger partial charge in [0.2, 0.25) is 15.9 Å². The number of hydrogen-bond donors (Lipinski definition) is 2. The molecule has 0 aromatic heterocycles. The van der Waals surface area contributed by atoms with Crippen LogP contribution in [0.3, 0.4) is 0 Å². The van der Waals surface area contributed by atoms with Crippen molar-refractivity contribution in [2.45, 2.75) is 38.6 Å². The summed E-state index contributed by atoms with van der Waals surface area (Å²) in [5, 5.41) is 2.68. The Bertz CT molecular complexity index is 963. The Kier molecular flexibility index (Phi) is 6.69. The molecule has 28 heavy (non-hydrogen) atoms. The van der Waals surface area contributed by atoms with E-state index in [4.69, 9.17) is 9.47 Å². The van der Waals surface area contributed by atoms with Crippen LogP contribution in [0.4, 0.5) is 5.69 Å². The third-order valence-electron chi connectivity index (χ3n) is 4.25. The molecule has 0 spiro atoms. The summed E-state index contributed by atoms with van der Waals surface area (Å²) in [5.74, 6) is 0.497. The van der Waals surface area contributed by atoms with E-state index in [0.29, 0.717) is 28.3 Å². The van der Waals surface area contributed by atoms with E-state index in [0.717, 1.165) is 5.56 Å². The lowest BCUT2D eigenvalue weighted by molar-refractivity contribution is -0.117. The number of methoxy groups -OCH3 is 2. The highest BCUT2D eigenvalue weighted by Crippen LogP contribution is 2.29. The van der Waals surface area contributed by atoms with E-state index >= 15 is 0 Å². The molecule has 0 aliphatic rings. The predicted molar refractivity (Wildman–Crippen MR) is 109 cm³/mol. The maximum Gasteiger partial charge on any atom is 0.242 e. The second-order valence-electron chi connectivity index (χ2n) is 6.63. The van der Waals surface area contributed by atoms with Crippen molar-refractivity contribution in [3.8, 4) is 11.5 Å². The first kappa shape index (κ1) is 21.7. The van der Waals surface area contributed by atoms with Crippen molar-refractivity contribution >= 4 is 21.6 Å². The molecule has 152 valence electrons. The van der Waals surface area contributed by atoms with Crippen molar-refractivity contribution in [2.24, 2.45) is 0 Å². The molecular weight excluding hydrogens is 380 g/mol. The van der Waals surface area contributed by atoms with Gasteiger partial charge in [0.05, 0.1) is 25.2 Å². The van der Waals surface area contributed by atoms with E-state index in [-0.39, 0.29) is 4.90 Å². The molecule has 7 nitrogen and oxygen atoms in total. The SMILES string of the molecule is COc1ccc(NC(=O)C(C)NS(=O)(=O)c2c(C)cc(C)cc2C)cc1OC. The predicted octanol–water partition coefficient (Wildman–Crippen LogP) is 2.93. The monoisotopic (exact) mass is 406 g/mol. The maximum atomic E-state index is 12.8. The first-order chi connectivity index (χ1) is 13.1. The lowest BCUT2D eigenvalue weighted by atomic mass is 10.1. The highest BCUT2D eigenvalue weighted by Gasteiger charge is 2.25. The molecule has 0 fully saturated rings. The molecule has 0 aliphatic carbocycles. The van der Waals surface area contributed by atoms with Crippen LogP contribution in [0.2, 0.25) is 0 Å². The number of sulfonamides is 1. The Labute approximate surface area is 166 Å². The fraction of sp³-hybridized carbons (Fsp3) is 0.350. The van der Waals surface area contributed by atoms with Crippen molar-refractivity contribution in [3.05, 3.63) is 47.0 Å². The lowest BCUT2D eigenvalue weighted by Gasteiger charge is -2.18. The minimum atomic E-state index is -3.85. The van der Waals surface area contributed by atoms with Crippen LogP contribution < -0.4 is 19.5 Å². The minimum absolute atomic E-state index is 0.198. The summed E-state index contributed by atoms with van der Waals surface area (Å²) in [6, 6.07) is 7.54. The average molecular weight is 407 g/mol. The molecule has 2 rings (SSSR count). The molecule has 0 heterocycles. The molecular formula is C20H26N2O5S. The highest BCUT2D eigenvalue weighted by atomic mass is 32.2. The number of rotatable bonds is 7. The zero-order chi connectivity index (χ0) is 21.1. The summed E-state index contributed by atoms with van der Waals surface area (Å²) in [6.45, 7) is 6.88. The molecule has 2 aromatic carbocycles. The van der Waals surface area contributed by atoms with Crippen molar-refractivity contribution < 1.29 is 22.7 Å². The quantitative estimate of drug-likeness (QED) is 0.737. The summed E-state index contributed by atoms with van der Waals surface area (Å²) in [7, 11) is -0.846. The first-order valence-electron chi connectivity index (χ1n) is 8.72. The average Bonchev–Trinajstić information content (AvgIpc) is 2.59. The van der Waals surface area contributed by atoms with E-state index < -0.39 is 22.0 Å². The molecule has 0 saturated heterocycles. The molecule has 2 N–H and O–H groups in total. The number of aryl methyl sites for hydroxylation is 3. The van der Waals surface area contributed by atoms with Crippen LogP contribution in [0, 0.1) is 20.8 Å². The van der Waals surface area contributed by atoms with Crippen LogP contribution in [0.5, 0.6) is 11.5 Å². The Morgan fingerprint density at radius 2 is 1.54 bits per heavy atom. The van der Waals surface area contributed by atoms with Gasteiger partial charge in [-0.3, -0.25) is 4.79 Å². The molecule has 0 aliphatic heterocycles. The number of hydrogen-bond acceptors (Lipinski definition) is 5. The van der Waals surface area contributed by atoms with E-state index in [1.807, 2.05) is 6.92 Å². The molecule has 1 amide bonds. The van der Waals surface area contributed by atoms with E-state index in [9.17, 15) is 13.2 Å². The molecule has 8 heteroatoms. The van der Waals surface area contributed by atoms with Gasteiger partial charge in [-0.05, 0) is 51.0 Å². The van der Waals surface area contributed by atoms with Gasteiger partial charge in [-0.2, -0.15) is 4.72 Å². The summed E-state index contributed by atoms with van der Waals surface area (Å²) in [4.78, 5) is 12.7. The second-order valence-corrected chi connectivity index (χ2v) is 8.28. The Hall–Kier alpha value is -2.58. The maximum absolute atomic E-state index is 12.8. The number of ether oxygens (including phenoxy) is 2. The third kappa shape index (κ3) is 4.82. The zero-order valence-electron chi connectivity index (χ0n) is 16.9. The molecule has 0 radical (unpaired) electrons. The molecule has 1 unspecified atom stereocenters. The molecule has 1 atom stereocenters. The van der Waals surface area contributed by atoms with Crippen molar-refractivity contribution in [3.63, 3.8) is 0 Å². The van der Waals surface area contributed by atoms with Gasteiger partial charge in [0.15, 0.2) is 11.5 Å². The number of carbonyl (C=O) groups is 1. The Morgan fingerprint density at radius 3 is 2.07 bits per heavy atom. The van der Waals surface area contributed by atoms with Crippen LogP contribution in [0.1, 0.15) is 23.6 Å². The third-order valence-corrected chi connectivity index (χ3v) is 6.09. The van der Waals surface area contributed by atoms with Gasteiger partial charge in [-0.25, -0.2) is 8.42 Å². The van der Waals surface area contributed by atoms with Crippen LogP contribution >= 0.6 is 0 Å². The smallest absolute Gasteiger partial charge is 0.242 e. The van der Waals surface area contributed by atoms with Gasteiger partial charge in [0.1, 0.15) is 0 Å². The van der Waals surface area contributed by atoms with Crippen molar-refractivity contribution in [1.29, 1.82) is 0 Å². The highest BCUT2D eigenvalue weighted by molar-refractivity contribution is 7.89. The van der Waals surface area contributed by atoms with Gasteiger partial charge >= 0.3 is 0 Å².